The van der Waals surface area contributed by atoms with Crippen LogP contribution in [0.5, 0.6) is 5.75 Å². The van der Waals surface area contributed by atoms with E-state index in [9.17, 15) is 8.42 Å². The molecule has 0 aliphatic rings. The zero-order valence-electron chi connectivity index (χ0n) is 5.81. The van der Waals surface area contributed by atoms with Crippen LogP contribution >= 0.6 is 11.9 Å². The van der Waals surface area contributed by atoms with Crippen LogP contribution in [0.4, 0.5) is 0 Å². The monoisotopic (exact) mass is 208 g/mol. The van der Waals surface area contributed by atoms with Gasteiger partial charge >= 0.3 is 10.4 Å². The molecule has 0 aliphatic carbocycles. The Morgan fingerprint density at radius 2 is 1.75 bits per heavy atom. The van der Waals surface area contributed by atoms with Gasteiger partial charge in [0.25, 0.3) is 0 Å². The molecule has 0 bridgehead atoms. The number of benzene rings is 1. The van der Waals surface area contributed by atoms with E-state index in [1.54, 1.807) is 18.2 Å². The second-order valence-corrected chi connectivity index (χ2v) is 3.35. The first kappa shape index (κ1) is 9.31. The fourth-order valence-electron chi connectivity index (χ4n) is 0.607. The molecule has 0 aromatic heterocycles. The maximum atomic E-state index is 10.6. The van der Waals surface area contributed by atoms with Gasteiger partial charge < -0.3 is 4.18 Å². The Morgan fingerprint density at radius 1 is 1.17 bits per heavy atom. The van der Waals surface area contributed by atoms with Gasteiger partial charge in [-0.25, -0.2) is 0 Å². The van der Waals surface area contributed by atoms with E-state index in [1.807, 2.05) is 0 Å². The van der Waals surface area contributed by atoms with E-state index in [2.05, 4.69) is 19.8 Å². The molecular weight excluding hydrogens is 204 g/mol. The van der Waals surface area contributed by atoms with Crippen molar-refractivity contribution in [3.05, 3.63) is 30.3 Å². The van der Waals surface area contributed by atoms with Crippen LogP contribution < -0.4 is 4.18 Å². The molecule has 12 heavy (non-hydrogen) atoms. The normalized spacial score (nSPS) is 11.1. The molecule has 0 saturated carbocycles. The molecular formula is C6H5ClO4S. The van der Waals surface area contributed by atoms with E-state index in [0.717, 1.165) is 0 Å². The Labute approximate surface area is 75.2 Å². The number of hydrogen-bond donors (Lipinski definition) is 0. The van der Waals surface area contributed by atoms with Gasteiger partial charge in [-0.15, -0.1) is 3.74 Å². The third kappa shape index (κ3) is 2.69. The molecule has 0 N–H and O–H groups in total. The number of halogens is 1. The van der Waals surface area contributed by atoms with Gasteiger partial charge in [-0.05, 0) is 12.1 Å². The van der Waals surface area contributed by atoms with Gasteiger partial charge in [-0.3, -0.25) is 0 Å². The van der Waals surface area contributed by atoms with Crippen LogP contribution in [0.2, 0.25) is 0 Å². The molecule has 0 fully saturated rings. The van der Waals surface area contributed by atoms with Crippen molar-refractivity contribution in [2.24, 2.45) is 0 Å². The van der Waals surface area contributed by atoms with E-state index in [1.165, 1.54) is 12.1 Å². The maximum absolute atomic E-state index is 10.6. The molecule has 0 aliphatic heterocycles. The van der Waals surface area contributed by atoms with Gasteiger partial charge in [-0.1, -0.05) is 18.2 Å². The SMILES string of the molecule is O=S(=O)(OCl)Oc1ccccc1. The summed E-state index contributed by atoms with van der Waals surface area (Å²) in [5.41, 5.74) is 0. The highest BCUT2D eigenvalue weighted by Crippen LogP contribution is 2.12. The van der Waals surface area contributed by atoms with Crippen LogP contribution in [0, 0.1) is 0 Å². The lowest BCUT2D eigenvalue weighted by Gasteiger charge is -2.00. The first-order valence-corrected chi connectivity index (χ1v) is 4.58. The van der Waals surface area contributed by atoms with E-state index in [-0.39, 0.29) is 5.75 Å². The molecule has 0 radical (unpaired) electrons. The highest BCUT2D eigenvalue weighted by Gasteiger charge is 2.11. The first-order chi connectivity index (χ1) is 5.64. The summed E-state index contributed by atoms with van der Waals surface area (Å²) in [6.45, 7) is 0. The molecule has 4 nitrogen and oxygen atoms in total. The number of para-hydroxylation sites is 1. The van der Waals surface area contributed by atoms with Crippen molar-refractivity contribution in [3.8, 4) is 5.75 Å². The smallest absolute Gasteiger partial charge is 0.361 e. The minimum absolute atomic E-state index is 0.151. The average molecular weight is 209 g/mol. The standard InChI is InChI=1S/C6H5ClO4S/c7-11-12(8,9)10-6-4-2-1-3-5-6/h1-5H. The molecule has 0 heterocycles. The van der Waals surface area contributed by atoms with Crippen LogP contribution in [-0.2, 0) is 14.1 Å². The molecule has 0 saturated heterocycles. The number of hydrogen-bond acceptors (Lipinski definition) is 4. The summed E-state index contributed by atoms with van der Waals surface area (Å²) in [5, 5.41) is 0. The van der Waals surface area contributed by atoms with Gasteiger partial charge in [0.1, 0.15) is 5.75 Å². The summed E-state index contributed by atoms with van der Waals surface area (Å²) in [7, 11) is -4.11. The van der Waals surface area contributed by atoms with E-state index < -0.39 is 10.4 Å². The molecule has 66 valence electrons. The Hall–Kier alpha value is -0.780. The van der Waals surface area contributed by atoms with Crippen LogP contribution in [-0.4, -0.2) is 8.42 Å². The molecule has 1 aromatic rings. The van der Waals surface area contributed by atoms with Gasteiger partial charge in [-0.2, -0.15) is 8.42 Å². The molecule has 0 unspecified atom stereocenters. The van der Waals surface area contributed by atoms with E-state index in [4.69, 9.17) is 0 Å². The highest BCUT2D eigenvalue weighted by molar-refractivity contribution is 7.82. The molecule has 0 spiro atoms. The molecule has 0 atom stereocenters. The largest absolute Gasteiger partial charge is 0.465 e. The Balaban J connectivity index is 2.78. The molecule has 6 heteroatoms. The van der Waals surface area contributed by atoms with Crippen molar-refractivity contribution >= 4 is 22.3 Å². The van der Waals surface area contributed by atoms with E-state index >= 15 is 0 Å². The van der Waals surface area contributed by atoms with Crippen LogP contribution in [0.3, 0.4) is 0 Å². The predicted octanol–water partition coefficient (Wildman–Crippen LogP) is 1.48. The van der Waals surface area contributed by atoms with E-state index in [0.29, 0.717) is 0 Å². The lowest BCUT2D eigenvalue weighted by atomic mass is 10.3. The van der Waals surface area contributed by atoms with Crippen molar-refractivity contribution in [1.29, 1.82) is 0 Å². The average Bonchev–Trinajstić information content (AvgIpc) is 2.06. The summed E-state index contributed by atoms with van der Waals surface area (Å²) in [6.07, 6.45) is 0. The quantitative estimate of drug-likeness (QED) is 0.755. The maximum Gasteiger partial charge on any atom is 0.465 e. The number of rotatable bonds is 3. The van der Waals surface area contributed by atoms with Gasteiger partial charge in [0, 0.05) is 0 Å². The van der Waals surface area contributed by atoms with Crippen molar-refractivity contribution in [2.45, 2.75) is 0 Å². The summed E-state index contributed by atoms with van der Waals surface area (Å²) < 4.78 is 29.1. The third-order valence-corrected chi connectivity index (χ3v) is 2.03. The van der Waals surface area contributed by atoms with Crippen LogP contribution in [0.15, 0.2) is 30.3 Å². The summed E-state index contributed by atoms with van der Waals surface area (Å²) >= 11 is 4.63. The fourth-order valence-corrected chi connectivity index (χ4v) is 1.06. The highest BCUT2D eigenvalue weighted by atomic mass is 35.5. The molecule has 1 rings (SSSR count). The zero-order valence-corrected chi connectivity index (χ0v) is 7.38. The second-order valence-electron chi connectivity index (χ2n) is 1.87. The summed E-state index contributed by atoms with van der Waals surface area (Å²) in [4.78, 5) is 0. The Morgan fingerprint density at radius 3 is 2.25 bits per heavy atom. The van der Waals surface area contributed by atoms with Gasteiger partial charge in [0.05, 0.1) is 11.9 Å². The summed E-state index contributed by atoms with van der Waals surface area (Å²) in [5.74, 6) is 0.151. The van der Waals surface area contributed by atoms with Crippen molar-refractivity contribution in [3.63, 3.8) is 0 Å². The molecule has 1 aromatic carbocycles. The minimum atomic E-state index is -4.11. The lowest BCUT2D eigenvalue weighted by molar-refractivity contribution is 0.406. The second kappa shape index (κ2) is 3.75. The Kier molecular flexibility index (Phi) is 2.91. The van der Waals surface area contributed by atoms with Crippen LogP contribution in [0.25, 0.3) is 0 Å². The zero-order chi connectivity index (χ0) is 9.03. The first-order valence-electron chi connectivity index (χ1n) is 2.94. The lowest BCUT2D eigenvalue weighted by Crippen LogP contribution is -2.07. The third-order valence-electron chi connectivity index (χ3n) is 1.02. The van der Waals surface area contributed by atoms with Crippen molar-refractivity contribution < 1.29 is 16.3 Å². The van der Waals surface area contributed by atoms with Gasteiger partial charge in [0.15, 0.2) is 0 Å². The summed E-state index contributed by atoms with van der Waals surface area (Å²) in [6, 6.07) is 7.90. The minimum Gasteiger partial charge on any atom is -0.361 e. The topological polar surface area (TPSA) is 52.6 Å². The molecule has 0 amide bonds. The van der Waals surface area contributed by atoms with Crippen molar-refractivity contribution in [2.75, 3.05) is 0 Å². The van der Waals surface area contributed by atoms with Crippen LogP contribution in [0.1, 0.15) is 0 Å². The predicted molar refractivity (Wildman–Crippen MR) is 42.9 cm³/mol. The van der Waals surface area contributed by atoms with Gasteiger partial charge in [0.2, 0.25) is 0 Å². The fraction of sp³-hybridized carbons (Fsp3) is 0. The van der Waals surface area contributed by atoms with Crippen molar-refractivity contribution in [1.82, 2.24) is 0 Å². The Bertz CT molecular complexity index is 334.